The Hall–Kier alpha value is -5.32. The number of hydrogen-bond acceptors (Lipinski definition) is 10. The number of aromatic hydroxyl groups is 1. The summed E-state index contributed by atoms with van der Waals surface area (Å²) < 4.78 is 1.78. The van der Waals surface area contributed by atoms with E-state index < -0.39 is 0 Å². The first-order chi connectivity index (χ1) is 21.2. The Bertz CT molecular complexity index is 2020. The number of phenolic OH excluding ortho intramolecular Hbond substituents is 1. The van der Waals surface area contributed by atoms with Gasteiger partial charge in [-0.2, -0.15) is 15.0 Å². The first-order valence-electron chi connectivity index (χ1n) is 13.4. The van der Waals surface area contributed by atoms with Gasteiger partial charge in [0.15, 0.2) is 4.34 Å². The highest BCUT2D eigenvalue weighted by Gasteiger charge is 2.13. The SMILES string of the molecule is Oc1ccc2ccccc2c1C=Nc1ccc2nc(Sc3nc(Nc4ccccc4)nc(Nc4ccccc4)n3)sc2c1. The summed E-state index contributed by atoms with van der Waals surface area (Å²) in [5, 5.41) is 19.5. The molecule has 208 valence electrons. The third-order valence-corrected chi connectivity index (χ3v) is 8.44. The fraction of sp³-hybridized carbons (Fsp3) is 0. The lowest BCUT2D eigenvalue weighted by molar-refractivity contribution is 0.475. The third kappa shape index (κ3) is 6.15. The Morgan fingerprint density at radius 3 is 2.09 bits per heavy atom. The monoisotopic (exact) mass is 597 g/mol. The van der Waals surface area contributed by atoms with E-state index in [0.717, 1.165) is 42.4 Å². The fourth-order valence-electron chi connectivity index (χ4n) is 4.47. The van der Waals surface area contributed by atoms with Crippen molar-refractivity contribution in [1.29, 1.82) is 0 Å². The lowest BCUT2D eigenvalue weighted by Gasteiger charge is -2.09. The number of hydrogen-bond donors (Lipinski definition) is 3. The molecule has 8 nitrogen and oxygen atoms in total. The van der Waals surface area contributed by atoms with Crippen LogP contribution < -0.4 is 10.6 Å². The van der Waals surface area contributed by atoms with Gasteiger partial charge in [0.25, 0.3) is 0 Å². The highest BCUT2D eigenvalue weighted by molar-refractivity contribution is 8.01. The zero-order chi connectivity index (χ0) is 29.0. The lowest BCUT2D eigenvalue weighted by atomic mass is 10.0. The predicted octanol–water partition coefficient (Wildman–Crippen LogP) is 8.73. The van der Waals surface area contributed by atoms with Gasteiger partial charge in [-0.25, -0.2) is 4.98 Å². The van der Waals surface area contributed by atoms with Crippen molar-refractivity contribution in [1.82, 2.24) is 19.9 Å². The second kappa shape index (κ2) is 11.9. The van der Waals surface area contributed by atoms with Gasteiger partial charge >= 0.3 is 0 Å². The van der Waals surface area contributed by atoms with E-state index in [1.54, 1.807) is 23.6 Å². The maximum atomic E-state index is 10.5. The summed E-state index contributed by atoms with van der Waals surface area (Å²) >= 11 is 2.92. The molecule has 0 saturated carbocycles. The largest absolute Gasteiger partial charge is 0.507 e. The molecule has 0 amide bonds. The molecule has 43 heavy (non-hydrogen) atoms. The molecule has 3 N–H and O–H groups in total. The molecule has 10 heteroatoms. The van der Waals surface area contributed by atoms with E-state index in [2.05, 4.69) is 30.6 Å². The van der Waals surface area contributed by atoms with Gasteiger partial charge in [0.05, 0.1) is 15.9 Å². The van der Waals surface area contributed by atoms with E-state index in [1.165, 1.54) is 11.8 Å². The number of para-hydroxylation sites is 2. The molecule has 0 fully saturated rings. The quantitative estimate of drug-likeness (QED) is 0.149. The minimum Gasteiger partial charge on any atom is -0.507 e. The van der Waals surface area contributed by atoms with Crippen LogP contribution in [0.2, 0.25) is 0 Å². The minimum absolute atomic E-state index is 0.194. The van der Waals surface area contributed by atoms with Crippen LogP contribution in [-0.4, -0.2) is 31.3 Å². The first kappa shape index (κ1) is 26.6. The molecule has 0 atom stereocenters. The highest BCUT2D eigenvalue weighted by atomic mass is 32.2. The van der Waals surface area contributed by atoms with E-state index >= 15 is 0 Å². The highest BCUT2D eigenvalue weighted by Crippen LogP contribution is 2.35. The second-order valence-electron chi connectivity index (χ2n) is 9.46. The van der Waals surface area contributed by atoms with Crippen LogP contribution in [0.5, 0.6) is 5.75 Å². The number of aliphatic imine (C=N–C) groups is 1. The number of fused-ring (bicyclic) bond motifs is 2. The van der Waals surface area contributed by atoms with Crippen LogP contribution in [0.25, 0.3) is 21.0 Å². The number of thiazole rings is 1. The second-order valence-corrected chi connectivity index (χ2v) is 11.7. The summed E-state index contributed by atoms with van der Waals surface area (Å²) in [7, 11) is 0. The zero-order valence-corrected chi connectivity index (χ0v) is 24.2. The van der Waals surface area contributed by atoms with E-state index in [-0.39, 0.29) is 5.75 Å². The predicted molar refractivity (Wildman–Crippen MR) is 176 cm³/mol. The molecule has 0 unspecified atom stereocenters. The minimum atomic E-state index is 0.194. The Kier molecular flexibility index (Phi) is 7.34. The molecule has 0 saturated heterocycles. The molecule has 7 rings (SSSR count). The Balaban J connectivity index is 1.16. The molecule has 5 aromatic carbocycles. The average Bonchev–Trinajstić information content (AvgIpc) is 3.43. The molecule has 0 bridgehead atoms. The molecule has 2 heterocycles. The molecular weight excluding hydrogens is 575 g/mol. The first-order valence-corrected chi connectivity index (χ1v) is 15.0. The van der Waals surface area contributed by atoms with Crippen molar-refractivity contribution >= 4 is 79.3 Å². The van der Waals surface area contributed by atoms with Crippen molar-refractivity contribution in [3.05, 3.63) is 121 Å². The Morgan fingerprint density at radius 2 is 1.37 bits per heavy atom. The van der Waals surface area contributed by atoms with Crippen molar-refractivity contribution in [3.63, 3.8) is 0 Å². The van der Waals surface area contributed by atoms with Crippen molar-refractivity contribution in [2.45, 2.75) is 9.50 Å². The molecule has 0 aliphatic heterocycles. The standard InChI is InChI=1S/C33H23N7OS2/c41-28-18-15-21-9-7-8-14-25(21)26(28)20-34-24-16-17-27-29(19-24)42-33(37-27)43-32-39-30(35-22-10-3-1-4-11-22)38-31(40-32)36-23-12-5-2-6-13-23/h1-20,41H,(H2,35,36,38,39,40). The van der Waals surface area contributed by atoms with E-state index in [9.17, 15) is 5.11 Å². The van der Waals surface area contributed by atoms with Crippen molar-refractivity contribution in [2.24, 2.45) is 4.99 Å². The molecule has 0 aliphatic rings. The van der Waals surface area contributed by atoms with E-state index in [1.807, 2.05) is 109 Å². The smallest absolute Gasteiger partial charge is 0.233 e. The maximum absolute atomic E-state index is 10.5. The van der Waals surface area contributed by atoms with Crippen LogP contribution in [0.4, 0.5) is 29.0 Å². The molecule has 0 aliphatic carbocycles. The Labute approximate surface area is 255 Å². The van der Waals surface area contributed by atoms with Gasteiger partial charge in [-0.3, -0.25) is 4.99 Å². The Morgan fingerprint density at radius 1 is 0.698 bits per heavy atom. The van der Waals surface area contributed by atoms with Gasteiger partial charge in [-0.15, -0.1) is 11.3 Å². The van der Waals surface area contributed by atoms with Gasteiger partial charge in [0.1, 0.15) is 5.75 Å². The van der Waals surface area contributed by atoms with Crippen LogP contribution in [0, 0.1) is 0 Å². The number of anilines is 4. The lowest BCUT2D eigenvalue weighted by Crippen LogP contribution is -2.05. The van der Waals surface area contributed by atoms with Crippen LogP contribution in [0.15, 0.2) is 130 Å². The summed E-state index contributed by atoms with van der Waals surface area (Å²) in [6, 6.07) is 36.9. The van der Waals surface area contributed by atoms with Crippen molar-refractivity contribution < 1.29 is 5.11 Å². The fourth-order valence-corrected chi connectivity index (χ4v) is 6.42. The summed E-state index contributed by atoms with van der Waals surface area (Å²) in [6.07, 6.45) is 1.71. The molecule has 7 aromatic rings. The van der Waals surface area contributed by atoms with E-state index in [0.29, 0.717) is 22.6 Å². The third-order valence-electron chi connectivity index (χ3n) is 6.50. The van der Waals surface area contributed by atoms with Crippen LogP contribution in [0.3, 0.4) is 0 Å². The van der Waals surface area contributed by atoms with Crippen molar-refractivity contribution in [3.8, 4) is 5.75 Å². The number of nitrogens with zero attached hydrogens (tertiary/aromatic N) is 5. The van der Waals surface area contributed by atoms with Crippen molar-refractivity contribution in [2.75, 3.05) is 10.6 Å². The van der Waals surface area contributed by atoms with Crippen LogP contribution in [0.1, 0.15) is 5.56 Å². The van der Waals surface area contributed by atoms with Crippen LogP contribution in [-0.2, 0) is 0 Å². The number of phenols is 1. The summed E-state index contributed by atoms with van der Waals surface area (Å²) in [4.78, 5) is 23.4. The van der Waals surface area contributed by atoms with Gasteiger partial charge in [0.2, 0.25) is 17.1 Å². The number of benzene rings is 5. The number of aromatic nitrogens is 4. The summed E-state index contributed by atoms with van der Waals surface area (Å²) in [6.45, 7) is 0. The van der Waals surface area contributed by atoms with Gasteiger partial charge in [-0.1, -0.05) is 66.7 Å². The summed E-state index contributed by atoms with van der Waals surface area (Å²) in [5.41, 5.74) is 4.07. The maximum Gasteiger partial charge on any atom is 0.233 e. The normalized spacial score (nSPS) is 11.3. The molecule has 2 aromatic heterocycles. The zero-order valence-electron chi connectivity index (χ0n) is 22.5. The summed E-state index contributed by atoms with van der Waals surface area (Å²) in [5.74, 6) is 1.05. The van der Waals surface area contributed by atoms with Crippen LogP contribution >= 0.6 is 23.1 Å². The molecule has 0 radical (unpaired) electrons. The van der Waals surface area contributed by atoms with Gasteiger partial charge in [0, 0.05) is 23.2 Å². The van der Waals surface area contributed by atoms with Gasteiger partial charge < -0.3 is 15.7 Å². The molecular formula is C33H23N7OS2. The number of nitrogens with one attached hydrogen (secondary N) is 2. The molecule has 0 spiro atoms. The topological polar surface area (TPSA) is 108 Å². The average molecular weight is 598 g/mol. The van der Waals surface area contributed by atoms with Gasteiger partial charge in [-0.05, 0) is 71.1 Å². The number of rotatable bonds is 8. The van der Waals surface area contributed by atoms with E-state index in [4.69, 9.17) is 4.98 Å².